The molecular formula is C15H10BrNO3. The van der Waals surface area contributed by atoms with Gasteiger partial charge in [-0.15, -0.1) is 0 Å². The smallest absolute Gasteiger partial charge is 0.299 e. The van der Waals surface area contributed by atoms with Crippen molar-refractivity contribution in [3.05, 3.63) is 58.1 Å². The van der Waals surface area contributed by atoms with Gasteiger partial charge in [0.15, 0.2) is 0 Å². The van der Waals surface area contributed by atoms with Crippen LogP contribution >= 0.6 is 15.9 Å². The van der Waals surface area contributed by atoms with Gasteiger partial charge in [0.1, 0.15) is 5.75 Å². The first-order chi connectivity index (χ1) is 9.58. The average Bonchev–Trinajstić information content (AvgIpc) is 2.67. The van der Waals surface area contributed by atoms with Crippen LogP contribution in [0.15, 0.2) is 46.9 Å². The first kappa shape index (κ1) is 12.9. The van der Waals surface area contributed by atoms with E-state index in [1.54, 1.807) is 42.5 Å². The van der Waals surface area contributed by atoms with Gasteiger partial charge >= 0.3 is 0 Å². The molecule has 0 unspecified atom stereocenters. The minimum atomic E-state index is -0.528. The molecule has 20 heavy (non-hydrogen) atoms. The average molecular weight is 332 g/mol. The maximum atomic E-state index is 12.1. The topological polar surface area (TPSA) is 57.6 Å². The van der Waals surface area contributed by atoms with E-state index in [4.69, 9.17) is 0 Å². The molecule has 0 aromatic heterocycles. The normalized spacial score (nSPS) is 13.8. The lowest BCUT2D eigenvalue weighted by Gasteiger charge is -2.16. The van der Waals surface area contributed by atoms with Crippen molar-refractivity contribution in [1.82, 2.24) is 0 Å². The van der Waals surface area contributed by atoms with Crippen molar-refractivity contribution >= 4 is 33.3 Å². The minimum absolute atomic E-state index is 0.167. The predicted octanol–water partition coefficient (Wildman–Crippen LogP) is 2.88. The molecule has 100 valence electrons. The number of hydrogen-bond acceptors (Lipinski definition) is 3. The number of phenols is 1. The fourth-order valence-corrected chi connectivity index (χ4v) is 2.78. The van der Waals surface area contributed by atoms with E-state index < -0.39 is 11.7 Å². The number of hydrogen-bond donors (Lipinski definition) is 1. The Labute approximate surface area is 123 Å². The van der Waals surface area contributed by atoms with Gasteiger partial charge in [-0.2, -0.15) is 0 Å². The summed E-state index contributed by atoms with van der Waals surface area (Å²) < 4.78 is 0.626. The predicted molar refractivity (Wildman–Crippen MR) is 77.8 cm³/mol. The molecule has 0 saturated heterocycles. The van der Waals surface area contributed by atoms with Crippen molar-refractivity contribution < 1.29 is 14.7 Å². The molecular weight excluding hydrogens is 322 g/mol. The number of amides is 1. The van der Waals surface area contributed by atoms with Gasteiger partial charge in [0.05, 0.1) is 17.8 Å². The number of phenolic OH excluding ortho intramolecular Hbond substituents is 1. The highest BCUT2D eigenvalue weighted by atomic mass is 79.9. The van der Waals surface area contributed by atoms with Crippen LogP contribution in [0.1, 0.15) is 15.9 Å². The lowest BCUT2D eigenvalue weighted by Crippen LogP contribution is -2.29. The van der Waals surface area contributed by atoms with Gasteiger partial charge in [-0.25, -0.2) is 0 Å². The number of Topliss-reactive ketones (excluding diaryl/α,β-unsaturated/α-hetero) is 1. The summed E-state index contributed by atoms with van der Waals surface area (Å²) in [6.07, 6.45) is 0. The summed E-state index contributed by atoms with van der Waals surface area (Å²) in [5, 5.41) is 9.26. The number of ketones is 1. The Morgan fingerprint density at radius 2 is 1.75 bits per heavy atom. The molecule has 4 nitrogen and oxygen atoms in total. The van der Waals surface area contributed by atoms with E-state index in [-0.39, 0.29) is 5.75 Å². The Hall–Kier alpha value is -2.14. The number of rotatable bonds is 2. The Morgan fingerprint density at radius 3 is 2.45 bits per heavy atom. The molecule has 0 bridgehead atoms. The zero-order chi connectivity index (χ0) is 14.3. The Kier molecular flexibility index (Phi) is 3.06. The van der Waals surface area contributed by atoms with Gasteiger partial charge in [0, 0.05) is 4.47 Å². The van der Waals surface area contributed by atoms with Crippen molar-refractivity contribution in [2.24, 2.45) is 0 Å². The SMILES string of the molecule is O=C1C(=O)N(Cc2ccc(O)cc2)c2cccc(Br)c21. The molecule has 2 aromatic rings. The molecule has 1 heterocycles. The zero-order valence-corrected chi connectivity index (χ0v) is 11.9. The van der Waals surface area contributed by atoms with Gasteiger partial charge < -0.3 is 10.0 Å². The number of carbonyl (C=O) groups is 2. The second-order valence-electron chi connectivity index (χ2n) is 4.52. The highest BCUT2D eigenvalue weighted by molar-refractivity contribution is 9.10. The molecule has 5 heteroatoms. The van der Waals surface area contributed by atoms with E-state index in [0.29, 0.717) is 22.3 Å². The van der Waals surface area contributed by atoms with Gasteiger partial charge in [-0.3, -0.25) is 9.59 Å². The second-order valence-corrected chi connectivity index (χ2v) is 5.38. The van der Waals surface area contributed by atoms with Gasteiger partial charge in [0.2, 0.25) is 0 Å². The fourth-order valence-electron chi connectivity index (χ4n) is 2.24. The lowest BCUT2D eigenvalue weighted by atomic mass is 10.1. The molecule has 0 fully saturated rings. The monoisotopic (exact) mass is 331 g/mol. The van der Waals surface area contributed by atoms with E-state index in [9.17, 15) is 14.7 Å². The van der Waals surface area contributed by atoms with Crippen molar-refractivity contribution in [1.29, 1.82) is 0 Å². The van der Waals surface area contributed by atoms with Crippen LogP contribution in [0.4, 0.5) is 5.69 Å². The number of nitrogens with zero attached hydrogens (tertiary/aromatic N) is 1. The number of halogens is 1. The maximum absolute atomic E-state index is 12.1. The van der Waals surface area contributed by atoms with Gasteiger partial charge in [0.25, 0.3) is 11.7 Å². The highest BCUT2D eigenvalue weighted by Gasteiger charge is 2.37. The molecule has 0 radical (unpaired) electrons. The third-order valence-corrected chi connectivity index (χ3v) is 3.89. The highest BCUT2D eigenvalue weighted by Crippen LogP contribution is 2.35. The summed E-state index contributed by atoms with van der Waals surface area (Å²) in [5.41, 5.74) is 1.87. The zero-order valence-electron chi connectivity index (χ0n) is 10.3. The van der Waals surface area contributed by atoms with Crippen LogP contribution < -0.4 is 4.90 Å². The first-order valence-electron chi connectivity index (χ1n) is 6.00. The third-order valence-electron chi connectivity index (χ3n) is 3.23. The molecule has 1 aliphatic rings. The molecule has 1 amide bonds. The summed E-state index contributed by atoms with van der Waals surface area (Å²) >= 11 is 3.30. The molecule has 0 spiro atoms. The van der Waals surface area contributed by atoms with Gasteiger partial charge in [-0.1, -0.05) is 18.2 Å². The lowest BCUT2D eigenvalue weighted by molar-refractivity contribution is -0.114. The first-order valence-corrected chi connectivity index (χ1v) is 6.80. The number of carbonyl (C=O) groups excluding carboxylic acids is 2. The molecule has 0 saturated carbocycles. The summed E-state index contributed by atoms with van der Waals surface area (Å²) in [6.45, 7) is 0.300. The standard InChI is InChI=1S/C15H10BrNO3/c16-11-2-1-3-12-13(11)14(19)15(20)17(12)8-9-4-6-10(18)7-5-9/h1-7,18H,8H2. The number of anilines is 1. The summed E-state index contributed by atoms with van der Waals surface area (Å²) in [5.74, 6) is -0.855. The van der Waals surface area contributed by atoms with Crippen molar-refractivity contribution in [2.75, 3.05) is 4.90 Å². The van der Waals surface area contributed by atoms with Gasteiger partial charge in [-0.05, 0) is 45.8 Å². The van der Waals surface area contributed by atoms with E-state index in [1.165, 1.54) is 4.90 Å². The second kappa shape index (κ2) is 4.76. The molecule has 1 N–H and O–H groups in total. The van der Waals surface area contributed by atoms with Crippen molar-refractivity contribution in [3.8, 4) is 5.75 Å². The van der Waals surface area contributed by atoms with Crippen LogP contribution in [0, 0.1) is 0 Å². The number of fused-ring (bicyclic) bond motifs is 1. The van der Waals surface area contributed by atoms with Crippen LogP contribution in [0.5, 0.6) is 5.75 Å². The van der Waals surface area contributed by atoms with E-state index in [0.717, 1.165) is 5.56 Å². The van der Waals surface area contributed by atoms with E-state index >= 15 is 0 Å². The Bertz CT molecular complexity index is 710. The number of benzene rings is 2. The number of aromatic hydroxyl groups is 1. The summed E-state index contributed by atoms with van der Waals surface area (Å²) in [7, 11) is 0. The Balaban J connectivity index is 1.99. The van der Waals surface area contributed by atoms with Crippen LogP contribution in [0.25, 0.3) is 0 Å². The third kappa shape index (κ3) is 2.00. The largest absolute Gasteiger partial charge is 0.508 e. The Morgan fingerprint density at radius 1 is 1.05 bits per heavy atom. The van der Waals surface area contributed by atoms with Crippen LogP contribution in [-0.4, -0.2) is 16.8 Å². The molecule has 0 aliphatic carbocycles. The van der Waals surface area contributed by atoms with Crippen LogP contribution in [0.2, 0.25) is 0 Å². The fraction of sp³-hybridized carbons (Fsp3) is 0.0667. The molecule has 0 atom stereocenters. The van der Waals surface area contributed by atoms with E-state index in [2.05, 4.69) is 15.9 Å². The van der Waals surface area contributed by atoms with Crippen LogP contribution in [0.3, 0.4) is 0 Å². The minimum Gasteiger partial charge on any atom is -0.508 e. The van der Waals surface area contributed by atoms with E-state index in [1.807, 2.05) is 0 Å². The maximum Gasteiger partial charge on any atom is 0.299 e. The summed E-state index contributed by atoms with van der Waals surface area (Å²) in [6, 6.07) is 11.8. The van der Waals surface area contributed by atoms with Crippen molar-refractivity contribution in [3.63, 3.8) is 0 Å². The van der Waals surface area contributed by atoms with Crippen molar-refractivity contribution in [2.45, 2.75) is 6.54 Å². The molecule has 2 aromatic carbocycles. The van der Waals surface area contributed by atoms with Crippen LogP contribution in [-0.2, 0) is 11.3 Å². The molecule has 1 aliphatic heterocycles. The molecule has 3 rings (SSSR count). The summed E-state index contributed by atoms with van der Waals surface area (Å²) in [4.78, 5) is 25.6. The quantitative estimate of drug-likeness (QED) is 0.861.